The summed E-state index contributed by atoms with van der Waals surface area (Å²) in [5, 5.41) is 4.12. The fraction of sp³-hybridized carbons (Fsp3) is 0.588. The number of rotatable bonds is 6. The van der Waals surface area contributed by atoms with Crippen molar-refractivity contribution >= 4 is 17.5 Å². The molecule has 1 N–H and O–H groups in total. The third-order valence-electron chi connectivity index (χ3n) is 4.16. The molecule has 4 heteroatoms. The molecule has 0 radical (unpaired) electrons. The third-order valence-corrected chi connectivity index (χ3v) is 4.41. The summed E-state index contributed by atoms with van der Waals surface area (Å²) in [6.07, 6.45) is 3.87. The highest BCUT2D eigenvalue weighted by molar-refractivity contribution is 6.30. The normalized spacial score (nSPS) is 16.2. The number of carbonyl (C=O) groups is 1. The van der Waals surface area contributed by atoms with Gasteiger partial charge in [-0.25, -0.2) is 0 Å². The van der Waals surface area contributed by atoms with Crippen molar-refractivity contribution in [2.75, 3.05) is 26.2 Å². The smallest absolute Gasteiger partial charge is 0.223 e. The van der Waals surface area contributed by atoms with Crippen LogP contribution in [0.4, 0.5) is 0 Å². The highest BCUT2D eigenvalue weighted by atomic mass is 35.5. The van der Waals surface area contributed by atoms with E-state index < -0.39 is 0 Å². The van der Waals surface area contributed by atoms with Crippen molar-refractivity contribution in [3.63, 3.8) is 0 Å². The first-order valence-corrected chi connectivity index (χ1v) is 8.26. The minimum Gasteiger partial charge on any atom is -0.343 e. The second-order valence-corrected chi connectivity index (χ2v) is 6.38. The number of piperidine rings is 1. The molecular weight excluding hydrogens is 284 g/mol. The predicted molar refractivity (Wildman–Crippen MR) is 87.6 cm³/mol. The monoisotopic (exact) mass is 308 g/mol. The molecule has 3 nitrogen and oxygen atoms in total. The molecule has 21 heavy (non-hydrogen) atoms. The fourth-order valence-corrected chi connectivity index (χ4v) is 2.75. The SMILES string of the molecule is CC1CCN(C(=O)CCNCCc2ccc(Cl)cc2)CC1. The van der Waals surface area contributed by atoms with Crippen LogP contribution >= 0.6 is 11.6 Å². The van der Waals surface area contributed by atoms with Gasteiger partial charge in [0.15, 0.2) is 0 Å². The zero-order valence-corrected chi connectivity index (χ0v) is 13.5. The molecule has 0 atom stereocenters. The summed E-state index contributed by atoms with van der Waals surface area (Å²) in [5.74, 6) is 1.06. The molecule has 0 bridgehead atoms. The third kappa shape index (κ3) is 5.68. The van der Waals surface area contributed by atoms with E-state index in [1.165, 1.54) is 5.56 Å². The van der Waals surface area contributed by atoms with Crippen LogP contribution in [-0.2, 0) is 11.2 Å². The van der Waals surface area contributed by atoms with E-state index in [2.05, 4.69) is 12.2 Å². The van der Waals surface area contributed by atoms with E-state index in [9.17, 15) is 4.79 Å². The lowest BCUT2D eigenvalue weighted by Crippen LogP contribution is -2.39. The van der Waals surface area contributed by atoms with Crippen molar-refractivity contribution in [1.29, 1.82) is 0 Å². The van der Waals surface area contributed by atoms with E-state index in [1.54, 1.807) is 0 Å². The Morgan fingerprint density at radius 3 is 2.57 bits per heavy atom. The first-order valence-electron chi connectivity index (χ1n) is 7.88. The van der Waals surface area contributed by atoms with Gasteiger partial charge in [0, 0.05) is 31.1 Å². The van der Waals surface area contributed by atoms with Gasteiger partial charge < -0.3 is 10.2 Å². The van der Waals surface area contributed by atoms with Crippen LogP contribution in [0.5, 0.6) is 0 Å². The molecule has 0 aromatic heterocycles. The molecule has 2 rings (SSSR count). The summed E-state index contributed by atoms with van der Waals surface area (Å²) >= 11 is 5.86. The molecule has 1 aromatic carbocycles. The van der Waals surface area contributed by atoms with Gasteiger partial charge in [0.2, 0.25) is 5.91 Å². The highest BCUT2D eigenvalue weighted by Gasteiger charge is 2.19. The Morgan fingerprint density at radius 1 is 1.24 bits per heavy atom. The van der Waals surface area contributed by atoms with E-state index >= 15 is 0 Å². The lowest BCUT2D eigenvalue weighted by Gasteiger charge is -2.30. The number of benzene rings is 1. The summed E-state index contributed by atoms with van der Waals surface area (Å²) in [5.41, 5.74) is 1.27. The largest absolute Gasteiger partial charge is 0.343 e. The number of carbonyl (C=O) groups excluding carboxylic acids is 1. The van der Waals surface area contributed by atoms with Crippen molar-refractivity contribution in [2.24, 2.45) is 5.92 Å². The van der Waals surface area contributed by atoms with Crippen LogP contribution in [0.25, 0.3) is 0 Å². The topological polar surface area (TPSA) is 32.3 Å². The molecule has 1 fully saturated rings. The maximum Gasteiger partial charge on any atom is 0.223 e. The quantitative estimate of drug-likeness (QED) is 0.819. The number of amides is 1. The number of likely N-dealkylation sites (tertiary alicyclic amines) is 1. The van der Waals surface area contributed by atoms with Crippen LogP contribution in [-0.4, -0.2) is 37.0 Å². The van der Waals surface area contributed by atoms with Gasteiger partial charge in [-0.1, -0.05) is 30.7 Å². The maximum absolute atomic E-state index is 12.0. The zero-order valence-electron chi connectivity index (χ0n) is 12.8. The summed E-state index contributed by atoms with van der Waals surface area (Å²) in [7, 11) is 0. The number of hydrogen-bond acceptors (Lipinski definition) is 2. The number of halogens is 1. The lowest BCUT2D eigenvalue weighted by atomic mass is 9.99. The van der Waals surface area contributed by atoms with Crippen LogP contribution in [0.3, 0.4) is 0 Å². The van der Waals surface area contributed by atoms with Crippen molar-refractivity contribution in [3.8, 4) is 0 Å². The van der Waals surface area contributed by atoms with E-state index in [-0.39, 0.29) is 0 Å². The highest BCUT2D eigenvalue weighted by Crippen LogP contribution is 2.16. The first kappa shape index (κ1) is 16.3. The zero-order chi connectivity index (χ0) is 15.1. The molecule has 0 spiro atoms. The van der Waals surface area contributed by atoms with E-state index in [4.69, 9.17) is 11.6 Å². The van der Waals surface area contributed by atoms with Gasteiger partial charge in [0.1, 0.15) is 0 Å². The minimum atomic E-state index is 0.292. The first-order chi connectivity index (χ1) is 10.1. The van der Waals surface area contributed by atoms with Crippen LogP contribution < -0.4 is 5.32 Å². The van der Waals surface area contributed by atoms with Gasteiger partial charge in [0.05, 0.1) is 0 Å². The molecule has 0 unspecified atom stereocenters. The maximum atomic E-state index is 12.0. The number of hydrogen-bond donors (Lipinski definition) is 1. The van der Waals surface area contributed by atoms with Crippen LogP contribution in [0.1, 0.15) is 31.7 Å². The Morgan fingerprint density at radius 2 is 1.90 bits per heavy atom. The summed E-state index contributed by atoms with van der Waals surface area (Å²) in [4.78, 5) is 14.1. The van der Waals surface area contributed by atoms with Gasteiger partial charge in [-0.15, -0.1) is 0 Å². The molecule has 1 heterocycles. The summed E-state index contributed by atoms with van der Waals surface area (Å²) < 4.78 is 0. The Labute approximate surface area is 132 Å². The summed E-state index contributed by atoms with van der Waals surface area (Å²) in [6.45, 7) is 5.79. The Kier molecular flexibility index (Phi) is 6.52. The molecular formula is C17H25ClN2O. The molecule has 1 amide bonds. The van der Waals surface area contributed by atoms with Crippen molar-refractivity contribution < 1.29 is 4.79 Å². The van der Waals surface area contributed by atoms with E-state index in [1.807, 2.05) is 29.2 Å². The van der Waals surface area contributed by atoms with Gasteiger partial charge in [0.25, 0.3) is 0 Å². The average Bonchev–Trinajstić information content (AvgIpc) is 2.49. The molecule has 1 aromatic rings. The predicted octanol–water partition coefficient (Wildman–Crippen LogP) is 3.12. The number of nitrogens with one attached hydrogen (secondary N) is 1. The molecule has 0 saturated carbocycles. The fourth-order valence-electron chi connectivity index (χ4n) is 2.62. The summed E-state index contributed by atoms with van der Waals surface area (Å²) in [6, 6.07) is 7.92. The van der Waals surface area contributed by atoms with Crippen LogP contribution in [0, 0.1) is 5.92 Å². The van der Waals surface area contributed by atoms with Crippen molar-refractivity contribution in [2.45, 2.75) is 32.6 Å². The van der Waals surface area contributed by atoms with Gasteiger partial charge in [-0.3, -0.25) is 4.79 Å². The van der Waals surface area contributed by atoms with Crippen LogP contribution in [0.2, 0.25) is 5.02 Å². The molecule has 1 aliphatic heterocycles. The molecule has 116 valence electrons. The molecule has 1 aliphatic rings. The molecule has 0 aliphatic carbocycles. The minimum absolute atomic E-state index is 0.292. The van der Waals surface area contributed by atoms with Gasteiger partial charge in [-0.2, -0.15) is 0 Å². The second-order valence-electron chi connectivity index (χ2n) is 5.94. The second kappa shape index (κ2) is 8.40. The Hall–Kier alpha value is -1.06. The van der Waals surface area contributed by atoms with Crippen molar-refractivity contribution in [3.05, 3.63) is 34.9 Å². The average molecular weight is 309 g/mol. The van der Waals surface area contributed by atoms with E-state index in [0.29, 0.717) is 12.3 Å². The van der Waals surface area contributed by atoms with Crippen molar-refractivity contribution in [1.82, 2.24) is 10.2 Å². The molecule has 1 saturated heterocycles. The number of nitrogens with zero attached hydrogens (tertiary/aromatic N) is 1. The van der Waals surface area contributed by atoms with E-state index in [0.717, 1.165) is 56.4 Å². The van der Waals surface area contributed by atoms with Crippen LogP contribution in [0.15, 0.2) is 24.3 Å². The standard InChI is InChI=1S/C17H25ClN2O/c1-14-8-12-20(13-9-14)17(21)7-11-19-10-6-15-2-4-16(18)5-3-15/h2-5,14,19H,6-13H2,1H3. The Bertz CT molecular complexity index is 439. The lowest BCUT2D eigenvalue weighted by molar-refractivity contribution is -0.132. The van der Waals surface area contributed by atoms with Gasteiger partial charge >= 0.3 is 0 Å². The Balaban J connectivity index is 1.57. The van der Waals surface area contributed by atoms with Gasteiger partial charge in [-0.05, 0) is 49.4 Å².